The van der Waals surface area contributed by atoms with Gasteiger partial charge < -0.3 is 4.79 Å². The molecule has 0 radical (unpaired) electrons. The second-order valence-corrected chi connectivity index (χ2v) is 7.79. The summed E-state index contributed by atoms with van der Waals surface area (Å²) < 4.78 is 0. The van der Waals surface area contributed by atoms with Gasteiger partial charge in [-0.3, -0.25) is 0 Å². The van der Waals surface area contributed by atoms with Crippen LogP contribution in [0.15, 0.2) is 0 Å². The summed E-state index contributed by atoms with van der Waals surface area (Å²) in [6, 6.07) is 0. The molecule has 0 N–H and O–H groups in total. The predicted molar refractivity (Wildman–Crippen MR) is 104 cm³/mol. The van der Waals surface area contributed by atoms with Crippen molar-refractivity contribution < 1.29 is 4.79 Å². The van der Waals surface area contributed by atoms with Crippen molar-refractivity contribution in [2.45, 2.75) is 129 Å². The maximum absolute atomic E-state index is 10.2. The Morgan fingerprint density at radius 3 is 1.13 bits per heavy atom. The summed E-state index contributed by atoms with van der Waals surface area (Å²) >= 11 is 0. The Hall–Kier alpha value is -0.330. The van der Waals surface area contributed by atoms with Gasteiger partial charge >= 0.3 is 0 Å². The third-order valence-corrected chi connectivity index (χ3v) is 4.85. The molecule has 0 aromatic heterocycles. The largest absolute Gasteiger partial charge is 0.303 e. The Labute approximate surface area is 147 Å². The van der Waals surface area contributed by atoms with Crippen molar-refractivity contribution in [1.82, 2.24) is 0 Å². The van der Waals surface area contributed by atoms with Crippen LogP contribution >= 0.6 is 0 Å². The van der Waals surface area contributed by atoms with Gasteiger partial charge in [0.2, 0.25) is 0 Å². The second-order valence-electron chi connectivity index (χ2n) is 7.79. The minimum Gasteiger partial charge on any atom is -0.303 e. The molecule has 0 unspecified atom stereocenters. The zero-order valence-electron chi connectivity index (χ0n) is 16.3. The maximum atomic E-state index is 10.2. The normalized spacial score (nSPS) is 11.3. The lowest BCUT2D eigenvalue weighted by molar-refractivity contribution is -0.107. The molecule has 0 bridgehead atoms. The van der Waals surface area contributed by atoms with Gasteiger partial charge in [0.25, 0.3) is 0 Å². The van der Waals surface area contributed by atoms with Crippen molar-refractivity contribution >= 4 is 6.29 Å². The predicted octanol–water partition coefficient (Wildman–Crippen LogP) is 7.86. The van der Waals surface area contributed by atoms with E-state index < -0.39 is 0 Å². The smallest absolute Gasteiger partial charge is 0.119 e. The molecule has 0 fully saturated rings. The fraction of sp³-hybridized carbons (Fsp3) is 0.955. The number of carbonyl (C=O) groups is 1. The fourth-order valence-corrected chi connectivity index (χ4v) is 3.26. The Balaban J connectivity index is 2.96. The van der Waals surface area contributed by atoms with Gasteiger partial charge in [0.1, 0.15) is 6.29 Å². The third-order valence-electron chi connectivity index (χ3n) is 4.85. The third kappa shape index (κ3) is 21.7. The van der Waals surface area contributed by atoms with E-state index in [1.165, 1.54) is 103 Å². The van der Waals surface area contributed by atoms with Crippen LogP contribution in [0, 0.1) is 5.92 Å². The van der Waals surface area contributed by atoms with Gasteiger partial charge in [-0.15, -0.1) is 0 Å². The van der Waals surface area contributed by atoms with Crippen LogP contribution in [0.5, 0.6) is 0 Å². The molecule has 0 saturated heterocycles. The van der Waals surface area contributed by atoms with Crippen LogP contribution in [0.3, 0.4) is 0 Å². The highest BCUT2D eigenvalue weighted by Crippen LogP contribution is 2.15. The van der Waals surface area contributed by atoms with E-state index in [-0.39, 0.29) is 0 Å². The lowest BCUT2D eigenvalue weighted by Gasteiger charge is -2.05. The fourth-order valence-electron chi connectivity index (χ4n) is 3.26. The average Bonchev–Trinajstić information content (AvgIpc) is 2.53. The molecule has 138 valence electrons. The van der Waals surface area contributed by atoms with Crippen molar-refractivity contribution in [3.8, 4) is 0 Å². The first-order chi connectivity index (χ1) is 11.3. The molecule has 0 rings (SSSR count). The molecule has 1 nitrogen and oxygen atoms in total. The number of aldehydes is 1. The lowest BCUT2D eigenvalue weighted by Crippen LogP contribution is -1.87. The summed E-state index contributed by atoms with van der Waals surface area (Å²) in [6.45, 7) is 4.66. The summed E-state index contributed by atoms with van der Waals surface area (Å²) in [7, 11) is 0. The van der Waals surface area contributed by atoms with Crippen molar-refractivity contribution in [3.05, 3.63) is 0 Å². The maximum Gasteiger partial charge on any atom is 0.119 e. The molecule has 0 aliphatic carbocycles. The summed E-state index contributed by atoms with van der Waals surface area (Å²) in [5.41, 5.74) is 0. The molecule has 0 spiro atoms. The summed E-state index contributed by atoms with van der Waals surface area (Å²) in [5, 5.41) is 0. The Morgan fingerprint density at radius 2 is 0.826 bits per heavy atom. The monoisotopic (exact) mass is 324 g/mol. The van der Waals surface area contributed by atoms with Gasteiger partial charge in [-0.05, 0) is 12.3 Å². The Kier molecular flexibility index (Phi) is 19.4. The van der Waals surface area contributed by atoms with Crippen molar-refractivity contribution in [1.29, 1.82) is 0 Å². The van der Waals surface area contributed by atoms with Crippen molar-refractivity contribution in [2.24, 2.45) is 5.92 Å². The molecule has 23 heavy (non-hydrogen) atoms. The number of hydrogen-bond acceptors (Lipinski definition) is 1. The second kappa shape index (κ2) is 19.7. The first-order valence-electron chi connectivity index (χ1n) is 10.7. The van der Waals surface area contributed by atoms with Crippen molar-refractivity contribution in [2.75, 3.05) is 0 Å². The first-order valence-corrected chi connectivity index (χ1v) is 10.7. The van der Waals surface area contributed by atoms with E-state index >= 15 is 0 Å². The summed E-state index contributed by atoms with van der Waals surface area (Å²) in [4.78, 5) is 10.2. The summed E-state index contributed by atoms with van der Waals surface area (Å²) in [5.74, 6) is 0.887. The minimum atomic E-state index is 0.762. The van der Waals surface area contributed by atoms with Crippen LogP contribution in [0.4, 0.5) is 0 Å². The van der Waals surface area contributed by atoms with Gasteiger partial charge in [-0.2, -0.15) is 0 Å². The number of hydrogen-bond donors (Lipinski definition) is 0. The van der Waals surface area contributed by atoms with Crippen LogP contribution in [0.1, 0.15) is 129 Å². The molecule has 0 atom stereocenters. The highest BCUT2D eigenvalue weighted by molar-refractivity contribution is 5.48. The lowest BCUT2D eigenvalue weighted by atomic mass is 10.0. The Morgan fingerprint density at radius 1 is 0.522 bits per heavy atom. The SMILES string of the molecule is CC(C)CCCCCCCCCCCCCCCCCCC=O. The highest BCUT2D eigenvalue weighted by atomic mass is 16.1. The zero-order valence-corrected chi connectivity index (χ0v) is 16.3. The average molecular weight is 325 g/mol. The van der Waals surface area contributed by atoms with Crippen LogP contribution in [0.25, 0.3) is 0 Å². The molecule has 0 aromatic rings. The molecule has 0 aliphatic heterocycles. The van der Waals surface area contributed by atoms with Crippen molar-refractivity contribution in [3.63, 3.8) is 0 Å². The highest BCUT2D eigenvalue weighted by Gasteiger charge is 1.96. The van der Waals surface area contributed by atoms with Crippen LogP contribution in [0.2, 0.25) is 0 Å². The van der Waals surface area contributed by atoms with Gasteiger partial charge in [-0.1, -0.05) is 117 Å². The number of rotatable bonds is 19. The van der Waals surface area contributed by atoms with E-state index in [1.807, 2.05) is 0 Å². The quantitative estimate of drug-likeness (QED) is 0.174. The zero-order chi connectivity index (χ0) is 17.0. The molecule has 0 heterocycles. The topological polar surface area (TPSA) is 17.1 Å². The Bertz CT molecular complexity index is 222. The van der Waals surface area contributed by atoms with Gasteiger partial charge in [-0.25, -0.2) is 0 Å². The molecular formula is C22H44O. The molecule has 1 heteroatoms. The number of unbranched alkanes of at least 4 members (excludes halogenated alkanes) is 16. The molecular weight excluding hydrogens is 280 g/mol. The molecule has 0 aliphatic rings. The van der Waals surface area contributed by atoms with E-state index in [1.54, 1.807) is 0 Å². The van der Waals surface area contributed by atoms with Gasteiger partial charge in [0.15, 0.2) is 0 Å². The van der Waals surface area contributed by atoms with Crippen LogP contribution in [-0.2, 0) is 4.79 Å². The standard InChI is InChI=1S/C22H44O/c1-22(2)20-18-16-14-12-10-8-6-4-3-5-7-9-11-13-15-17-19-21-23/h21-22H,3-20H2,1-2H3. The minimum absolute atomic E-state index is 0.762. The van der Waals surface area contributed by atoms with E-state index in [0.29, 0.717) is 0 Å². The van der Waals surface area contributed by atoms with E-state index in [4.69, 9.17) is 0 Å². The molecule has 0 aromatic carbocycles. The van der Waals surface area contributed by atoms with E-state index in [2.05, 4.69) is 13.8 Å². The van der Waals surface area contributed by atoms with E-state index in [0.717, 1.165) is 25.0 Å². The molecule has 0 amide bonds. The number of carbonyl (C=O) groups excluding carboxylic acids is 1. The van der Waals surface area contributed by atoms with Gasteiger partial charge in [0, 0.05) is 6.42 Å². The summed E-state index contributed by atoms with van der Waals surface area (Å²) in [6.07, 6.45) is 25.6. The van der Waals surface area contributed by atoms with E-state index in [9.17, 15) is 4.79 Å². The van der Waals surface area contributed by atoms with Gasteiger partial charge in [0.05, 0.1) is 0 Å². The van der Waals surface area contributed by atoms with Crippen LogP contribution < -0.4 is 0 Å². The molecule has 0 saturated carbocycles. The first kappa shape index (κ1) is 22.7. The van der Waals surface area contributed by atoms with Crippen LogP contribution in [-0.4, -0.2) is 6.29 Å².